The Hall–Kier alpha value is -1.78. The van der Waals surface area contributed by atoms with Crippen LogP contribution in [-0.4, -0.2) is 38.7 Å². The lowest BCUT2D eigenvalue weighted by Gasteiger charge is -2.31. The predicted octanol–water partition coefficient (Wildman–Crippen LogP) is 3.87. The van der Waals surface area contributed by atoms with E-state index in [0.29, 0.717) is 5.92 Å². The lowest BCUT2D eigenvalue weighted by atomic mass is 9.93. The zero-order chi connectivity index (χ0) is 18.6. The molecular weight excluding hydrogens is 322 g/mol. The first-order chi connectivity index (χ1) is 12.4. The maximum atomic E-state index is 9.85. The molecule has 26 heavy (non-hydrogen) atoms. The van der Waals surface area contributed by atoms with Gasteiger partial charge in [-0.2, -0.15) is 0 Å². The van der Waals surface area contributed by atoms with Gasteiger partial charge in [-0.25, -0.2) is 9.97 Å². The van der Waals surface area contributed by atoms with Crippen LogP contribution in [0.5, 0.6) is 0 Å². The predicted molar refractivity (Wildman–Crippen MR) is 105 cm³/mol. The third kappa shape index (κ3) is 5.61. The molecule has 1 aliphatic heterocycles. The van der Waals surface area contributed by atoms with Crippen LogP contribution in [0.4, 0.5) is 0 Å². The highest BCUT2D eigenvalue weighted by Gasteiger charge is 2.21. The Bertz CT molecular complexity index is 698. The number of aliphatic hydroxyl groups is 1. The Morgan fingerprint density at radius 1 is 1.08 bits per heavy atom. The number of aryl methyl sites for hydroxylation is 2. The van der Waals surface area contributed by atoms with Crippen LogP contribution >= 0.6 is 0 Å². The van der Waals surface area contributed by atoms with Gasteiger partial charge in [0.05, 0.1) is 5.60 Å². The van der Waals surface area contributed by atoms with Crippen LogP contribution < -0.4 is 0 Å². The van der Waals surface area contributed by atoms with Crippen molar-refractivity contribution in [2.75, 3.05) is 13.1 Å². The van der Waals surface area contributed by atoms with Crippen molar-refractivity contribution in [1.82, 2.24) is 14.9 Å². The Labute approximate surface area is 157 Å². The first kappa shape index (κ1) is 19.0. The first-order valence-corrected chi connectivity index (χ1v) is 9.71. The second-order valence-electron chi connectivity index (χ2n) is 8.21. The molecular formula is C22H31N3O. The van der Waals surface area contributed by atoms with Gasteiger partial charge in [0.25, 0.3) is 0 Å². The van der Waals surface area contributed by atoms with Crippen molar-refractivity contribution in [2.24, 2.45) is 0 Å². The zero-order valence-corrected chi connectivity index (χ0v) is 16.3. The minimum Gasteiger partial charge on any atom is -0.390 e. The van der Waals surface area contributed by atoms with Crippen molar-refractivity contribution < 1.29 is 5.11 Å². The summed E-state index contributed by atoms with van der Waals surface area (Å²) in [6, 6.07) is 11.0. The van der Waals surface area contributed by atoms with Gasteiger partial charge in [0, 0.05) is 24.4 Å². The molecule has 2 heterocycles. The maximum Gasteiger partial charge on any atom is 0.125 e. The molecule has 1 saturated heterocycles. The molecule has 0 unspecified atom stereocenters. The van der Waals surface area contributed by atoms with Gasteiger partial charge in [-0.3, -0.25) is 4.90 Å². The summed E-state index contributed by atoms with van der Waals surface area (Å²) in [6.45, 7) is 8.95. The van der Waals surface area contributed by atoms with Gasteiger partial charge in [0.1, 0.15) is 5.82 Å². The van der Waals surface area contributed by atoms with Gasteiger partial charge in [-0.1, -0.05) is 24.3 Å². The van der Waals surface area contributed by atoms with Crippen molar-refractivity contribution in [3.63, 3.8) is 0 Å². The van der Waals surface area contributed by atoms with E-state index in [2.05, 4.69) is 45.2 Å². The monoisotopic (exact) mass is 353 g/mol. The molecule has 0 saturated carbocycles. The summed E-state index contributed by atoms with van der Waals surface area (Å²) in [5.41, 5.74) is 3.28. The van der Waals surface area contributed by atoms with Gasteiger partial charge in [0.15, 0.2) is 0 Å². The molecule has 1 aliphatic rings. The van der Waals surface area contributed by atoms with Crippen LogP contribution in [0.3, 0.4) is 0 Å². The van der Waals surface area contributed by atoms with Gasteiger partial charge < -0.3 is 5.11 Å². The lowest BCUT2D eigenvalue weighted by Crippen LogP contribution is -2.32. The molecule has 1 aromatic carbocycles. The van der Waals surface area contributed by atoms with Gasteiger partial charge >= 0.3 is 0 Å². The molecule has 0 amide bonds. The molecule has 2 aromatic rings. The lowest BCUT2D eigenvalue weighted by molar-refractivity contribution is 0.0714. The summed E-state index contributed by atoms with van der Waals surface area (Å²) >= 11 is 0. The van der Waals surface area contributed by atoms with Crippen LogP contribution in [0.2, 0.25) is 0 Å². The Kier molecular flexibility index (Phi) is 6.05. The highest BCUT2D eigenvalue weighted by molar-refractivity contribution is 5.23. The van der Waals surface area contributed by atoms with Crippen molar-refractivity contribution in [3.8, 4) is 0 Å². The smallest absolute Gasteiger partial charge is 0.125 e. The van der Waals surface area contributed by atoms with Gasteiger partial charge in [0.2, 0.25) is 0 Å². The Balaban J connectivity index is 1.48. The minimum atomic E-state index is -0.592. The van der Waals surface area contributed by atoms with E-state index >= 15 is 0 Å². The number of piperidine rings is 1. The number of hydrogen-bond acceptors (Lipinski definition) is 4. The number of aromatic nitrogens is 2. The van der Waals surface area contributed by atoms with E-state index in [0.717, 1.165) is 38.3 Å². The second-order valence-corrected chi connectivity index (χ2v) is 8.21. The summed E-state index contributed by atoms with van der Waals surface area (Å²) in [5, 5.41) is 9.85. The van der Waals surface area contributed by atoms with Crippen LogP contribution in [0.25, 0.3) is 0 Å². The number of likely N-dealkylation sites (tertiary alicyclic amines) is 1. The second kappa shape index (κ2) is 8.28. The van der Waals surface area contributed by atoms with E-state index < -0.39 is 5.60 Å². The first-order valence-electron chi connectivity index (χ1n) is 9.71. The number of benzene rings is 1. The number of rotatable bonds is 6. The third-order valence-electron chi connectivity index (χ3n) is 5.26. The van der Waals surface area contributed by atoms with Crippen molar-refractivity contribution in [3.05, 3.63) is 59.2 Å². The van der Waals surface area contributed by atoms with E-state index in [1.54, 1.807) is 0 Å². The summed E-state index contributed by atoms with van der Waals surface area (Å²) in [7, 11) is 0. The molecule has 0 atom stereocenters. The average Bonchev–Trinajstić information content (AvgIpc) is 2.61. The number of nitrogens with zero attached hydrogens (tertiary/aromatic N) is 3. The summed E-state index contributed by atoms with van der Waals surface area (Å²) in [4.78, 5) is 11.3. The summed E-state index contributed by atoms with van der Waals surface area (Å²) in [6.07, 6.45) is 5.93. The Morgan fingerprint density at radius 3 is 2.35 bits per heavy atom. The maximum absolute atomic E-state index is 9.85. The fourth-order valence-electron chi connectivity index (χ4n) is 3.61. The van der Waals surface area contributed by atoms with E-state index in [4.69, 9.17) is 0 Å². The number of hydrogen-bond donors (Lipinski definition) is 1. The molecule has 1 N–H and O–H groups in total. The summed E-state index contributed by atoms with van der Waals surface area (Å²) < 4.78 is 0. The van der Waals surface area contributed by atoms with E-state index in [1.165, 1.54) is 29.7 Å². The molecule has 1 aromatic heterocycles. The molecule has 4 nitrogen and oxygen atoms in total. The highest BCUT2D eigenvalue weighted by atomic mass is 16.3. The minimum absolute atomic E-state index is 0.567. The molecule has 0 bridgehead atoms. The standard InChI is InChI=1S/C22H31N3O/c1-17-23-13-9-21(24-17)20-10-14-25(15-11-20)16-19-6-4-18(5-7-19)8-12-22(2,3)26/h4-7,9,13,20,26H,8,10-12,14-16H2,1-3H3. The molecule has 140 valence electrons. The van der Waals surface area contributed by atoms with Crippen LogP contribution in [0.1, 0.15) is 61.7 Å². The third-order valence-corrected chi connectivity index (χ3v) is 5.26. The molecule has 3 rings (SSSR count). The zero-order valence-electron chi connectivity index (χ0n) is 16.3. The molecule has 0 aliphatic carbocycles. The topological polar surface area (TPSA) is 49.2 Å². The van der Waals surface area contributed by atoms with Crippen LogP contribution in [0.15, 0.2) is 36.5 Å². The van der Waals surface area contributed by atoms with Crippen LogP contribution in [-0.2, 0) is 13.0 Å². The molecule has 4 heteroatoms. The van der Waals surface area contributed by atoms with Crippen molar-refractivity contribution >= 4 is 0 Å². The molecule has 0 spiro atoms. The molecule has 0 radical (unpaired) electrons. The summed E-state index contributed by atoms with van der Waals surface area (Å²) in [5.74, 6) is 1.44. The van der Waals surface area contributed by atoms with E-state index in [-0.39, 0.29) is 0 Å². The van der Waals surface area contributed by atoms with Crippen molar-refractivity contribution in [1.29, 1.82) is 0 Å². The van der Waals surface area contributed by atoms with Gasteiger partial charge in [-0.15, -0.1) is 0 Å². The largest absolute Gasteiger partial charge is 0.390 e. The van der Waals surface area contributed by atoms with Crippen molar-refractivity contribution in [2.45, 2.75) is 64.5 Å². The highest BCUT2D eigenvalue weighted by Crippen LogP contribution is 2.27. The van der Waals surface area contributed by atoms with Crippen LogP contribution in [0, 0.1) is 6.92 Å². The van der Waals surface area contributed by atoms with Gasteiger partial charge in [-0.05, 0) is 76.7 Å². The quantitative estimate of drug-likeness (QED) is 0.856. The molecule has 1 fully saturated rings. The van der Waals surface area contributed by atoms with E-state index in [9.17, 15) is 5.11 Å². The van der Waals surface area contributed by atoms with E-state index in [1.807, 2.05) is 27.0 Å². The average molecular weight is 354 g/mol. The fraction of sp³-hybridized carbons (Fsp3) is 0.545. The normalized spacial score (nSPS) is 16.8. The Morgan fingerprint density at radius 2 is 1.73 bits per heavy atom. The SMILES string of the molecule is Cc1nccc(C2CCN(Cc3ccc(CCC(C)(C)O)cc3)CC2)n1. The fourth-order valence-corrected chi connectivity index (χ4v) is 3.61.